The molecule has 0 aliphatic rings. The largest absolute Gasteiger partial charge is 0.391 e. The van der Waals surface area contributed by atoms with E-state index in [9.17, 15) is 8.78 Å². The van der Waals surface area contributed by atoms with Crippen LogP contribution < -0.4 is 5.73 Å². The van der Waals surface area contributed by atoms with Crippen LogP contribution >= 0.6 is 24.0 Å². The zero-order valence-electron chi connectivity index (χ0n) is 7.88. The van der Waals surface area contributed by atoms with Gasteiger partial charge < -0.3 is 10.8 Å². The molecule has 0 amide bonds. The van der Waals surface area contributed by atoms with Gasteiger partial charge in [-0.3, -0.25) is 0 Å². The van der Waals surface area contributed by atoms with Gasteiger partial charge in [0.05, 0.1) is 17.2 Å². The summed E-state index contributed by atoms with van der Waals surface area (Å²) in [5, 5.41) is 8.76. The first kappa shape index (κ1) is 14.6. The molecular weight excluding hydrogens is 247 g/mol. The minimum Gasteiger partial charge on any atom is -0.391 e. The first-order valence-corrected chi connectivity index (χ1v) is 4.40. The molecular formula is C9H11Cl2F2NO. The minimum absolute atomic E-state index is 0. The lowest BCUT2D eigenvalue weighted by Crippen LogP contribution is -2.24. The van der Waals surface area contributed by atoms with Crippen LogP contribution in [0.2, 0.25) is 5.02 Å². The minimum atomic E-state index is -1.03. The van der Waals surface area contributed by atoms with Crippen molar-refractivity contribution in [1.82, 2.24) is 0 Å². The summed E-state index contributed by atoms with van der Waals surface area (Å²) < 4.78 is 26.1. The Labute approximate surface area is 97.4 Å². The summed E-state index contributed by atoms with van der Waals surface area (Å²) in [7, 11) is 0. The first-order valence-electron chi connectivity index (χ1n) is 4.02. The summed E-state index contributed by atoms with van der Waals surface area (Å²) in [6.45, 7) is 1.38. The number of nitrogens with two attached hydrogens (primary N) is 1. The van der Waals surface area contributed by atoms with Crippen molar-refractivity contribution in [1.29, 1.82) is 0 Å². The summed E-state index contributed by atoms with van der Waals surface area (Å²) in [5.41, 5.74) is 5.27. The standard InChI is InChI=1S/C9H10ClF2NO.ClH/c1-4(14)9(13)7-5(11)2-3-6(12)8(7)10;/h2-4,9,14H,13H2,1H3;1H/t4-,9-;/m0./s1. The lowest BCUT2D eigenvalue weighted by molar-refractivity contribution is 0.162. The molecule has 0 aliphatic heterocycles. The molecule has 0 spiro atoms. The van der Waals surface area contributed by atoms with E-state index in [2.05, 4.69) is 0 Å². The van der Waals surface area contributed by atoms with Gasteiger partial charge in [0.2, 0.25) is 0 Å². The predicted octanol–water partition coefficient (Wildman–Crippen LogP) is 2.42. The van der Waals surface area contributed by atoms with Gasteiger partial charge in [0.15, 0.2) is 0 Å². The van der Waals surface area contributed by atoms with Crippen molar-refractivity contribution in [3.05, 3.63) is 34.4 Å². The van der Waals surface area contributed by atoms with Crippen LogP contribution in [0.25, 0.3) is 0 Å². The van der Waals surface area contributed by atoms with Gasteiger partial charge in [-0.1, -0.05) is 11.6 Å². The maximum atomic E-state index is 13.2. The molecule has 1 rings (SSSR count). The third kappa shape index (κ3) is 3.01. The summed E-state index contributed by atoms with van der Waals surface area (Å²) in [6, 6.07) is 0.813. The van der Waals surface area contributed by atoms with Gasteiger partial charge in [0.1, 0.15) is 11.6 Å². The van der Waals surface area contributed by atoms with Gasteiger partial charge in [-0.15, -0.1) is 12.4 Å². The van der Waals surface area contributed by atoms with Crippen LogP contribution in [0.15, 0.2) is 12.1 Å². The van der Waals surface area contributed by atoms with Crippen molar-refractivity contribution in [3.63, 3.8) is 0 Å². The highest BCUT2D eigenvalue weighted by Gasteiger charge is 2.21. The number of aliphatic hydroxyl groups is 1. The number of rotatable bonds is 2. The van der Waals surface area contributed by atoms with Crippen LogP contribution in [0.5, 0.6) is 0 Å². The van der Waals surface area contributed by atoms with Crippen LogP contribution in [-0.2, 0) is 0 Å². The highest BCUT2D eigenvalue weighted by molar-refractivity contribution is 6.31. The van der Waals surface area contributed by atoms with E-state index in [1.165, 1.54) is 6.92 Å². The Balaban J connectivity index is 0.00000196. The third-order valence-corrected chi connectivity index (χ3v) is 2.32. The van der Waals surface area contributed by atoms with Crippen molar-refractivity contribution in [2.24, 2.45) is 5.73 Å². The maximum absolute atomic E-state index is 13.2. The molecule has 15 heavy (non-hydrogen) atoms. The van der Waals surface area contributed by atoms with Crippen LogP contribution in [0.4, 0.5) is 8.78 Å². The van der Waals surface area contributed by atoms with Gasteiger partial charge in [-0.05, 0) is 19.1 Å². The molecule has 0 radical (unpaired) electrons. The average molecular weight is 258 g/mol. The first-order chi connectivity index (χ1) is 6.45. The summed E-state index contributed by atoms with van der Waals surface area (Å²) in [4.78, 5) is 0. The molecule has 6 heteroatoms. The van der Waals surface area contributed by atoms with Crippen LogP contribution in [0.3, 0.4) is 0 Å². The van der Waals surface area contributed by atoms with E-state index in [1.54, 1.807) is 0 Å². The molecule has 0 fully saturated rings. The van der Waals surface area contributed by atoms with Gasteiger partial charge in [-0.2, -0.15) is 0 Å². The number of hydrogen-bond acceptors (Lipinski definition) is 2. The zero-order chi connectivity index (χ0) is 10.9. The molecule has 2 atom stereocenters. The van der Waals surface area contributed by atoms with E-state index in [0.717, 1.165) is 12.1 Å². The Bertz CT molecular complexity index is 347. The van der Waals surface area contributed by atoms with Gasteiger partial charge in [0, 0.05) is 5.56 Å². The average Bonchev–Trinajstić information content (AvgIpc) is 2.12. The van der Waals surface area contributed by atoms with E-state index in [4.69, 9.17) is 22.4 Å². The van der Waals surface area contributed by atoms with E-state index >= 15 is 0 Å². The normalized spacial score (nSPS) is 14.3. The molecule has 0 heterocycles. The molecule has 2 nitrogen and oxygen atoms in total. The molecule has 0 aromatic heterocycles. The maximum Gasteiger partial charge on any atom is 0.142 e. The van der Waals surface area contributed by atoms with E-state index < -0.39 is 23.8 Å². The number of halogens is 4. The number of benzene rings is 1. The Hall–Kier alpha value is -0.420. The van der Waals surface area contributed by atoms with Crippen LogP contribution in [-0.4, -0.2) is 11.2 Å². The lowest BCUT2D eigenvalue weighted by Gasteiger charge is -2.17. The molecule has 86 valence electrons. The molecule has 1 aromatic rings. The molecule has 3 N–H and O–H groups in total. The second kappa shape index (κ2) is 5.61. The smallest absolute Gasteiger partial charge is 0.142 e. The zero-order valence-corrected chi connectivity index (χ0v) is 9.45. The number of aliphatic hydroxyl groups excluding tert-OH is 1. The van der Waals surface area contributed by atoms with E-state index in [0.29, 0.717) is 0 Å². The second-order valence-corrected chi connectivity index (χ2v) is 3.40. The summed E-state index contributed by atoms with van der Waals surface area (Å²) in [6.07, 6.45) is -0.996. The fourth-order valence-electron chi connectivity index (χ4n) is 1.09. The Kier molecular flexibility index (Phi) is 5.45. The Morgan fingerprint density at radius 2 is 1.80 bits per heavy atom. The van der Waals surface area contributed by atoms with Crippen molar-refractivity contribution >= 4 is 24.0 Å². The van der Waals surface area contributed by atoms with Crippen molar-refractivity contribution in [2.45, 2.75) is 19.1 Å². The van der Waals surface area contributed by atoms with E-state index in [1.807, 2.05) is 0 Å². The topological polar surface area (TPSA) is 46.2 Å². The fraction of sp³-hybridized carbons (Fsp3) is 0.333. The SMILES string of the molecule is C[C@H](O)[C@H](N)c1c(F)ccc(F)c1Cl.Cl. The van der Waals surface area contributed by atoms with Crippen LogP contribution in [0, 0.1) is 11.6 Å². The highest BCUT2D eigenvalue weighted by Crippen LogP contribution is 2.28. The Morgan fingerprint density at radius 1 is 1.33 bits per heavy atom. The van der Waals surface area contributed by atoms with Crippen LogP contribution in [0.1, 0.15) is 18.5 Å². The molecule has 0 saturated carbocycles. The van der Waals surface area contributed by atoms with E-state index in [-0.39, 0.29) is 23.0 Å². The number of hydrogen-bond donors (Lipinski definition) is 2. The van der Waals surface area contributed by atoms with Crippen molar-refractivity contribution in [2.75, 3.05) is 0 Å². The summed E-state index contributed by atoms with van der Waals surface area (Å²) >= 11 is 5.53. The molecule has 0 bridgehead atoms. The highest BCUT2D eigenvalue weighted by atomic mass is 35.5. The summed E-state index contributed by atoms with van der Waals surface area (Å²) in [5.74, 6) is -1.47. The van der Waals surface area contributed by atoms with Gasteiger partial charge >= 0.3 is 0 Å². The second-order valence-electron chi connectivity index (χ2n) is 3.02. The monoisotopic (exact) mass is 257 g/mol. The molecule has 0 saturated heterocycles. The lowest BCUT2D eigenvalue weighted by atomic mass is 10.0. The van der Waals surface area contributed by atoms with Gasteiger partial charge in [0.25, 0.3) is 0 Å². The third-order valence-electron chi connectivity index (χ3n) is 1.93. The molecule has 1 aromatic carbocycles. The molecule has 0 unspecified atom stereocenters. The van der Waals surface area contributed by atoms with Crippen molar-refractivity contribution < 1.29 is 13.9 Å². The molecule has 0 aliphatic carbocycles. The van der Waals surface area contributed by atoms with Gasteiger partial charge in [-0.25, -0.2) is 8.78 Å². The van der Waals surface area contributed by atoms with Crippen molar-refractivity contribution in [3.8, 4) is 0 Å². The quantitative estimate of drug-likeness (QED) is 0.800. The Morgan fingerprint density at radius 3 is 2.27 bits per heavy atom. The fourth-order valence-corrected chi connectivity index (χ4v) is 1.37. The predicted molar refractivity (Wildman–Crippen MR) is 57.2 cm³/mol.